The summed E-state index contributed by atoms with van der Waals surface area (Å²) in [6.45, 7) is 1.93. The lowest BCUT2D eigenvalue weighted by atomic mass is 9.88. The third-order valence-corrected chi connectivity index (χ3v) is 6.26. The Morgan fingerprint density at radius 2 is 1.90 bits per heavy atom. The van der Waals surface area contributed by atoms with Crippen molar-refractivity contribution >= 4 is 44.9 Å². The molecule has 30 heavy (non-hydrogen) atoms. The van der Waals surface area contributed by atoms with Crippen molar-refractivity contribution in [3.63, 3.8) is 0 Å². The third kappa shape index (κ3) is 2.94. The highest BCUT2D eigenvalue weighted by molar-refractivity contribution is 9.10. The standard InChI is InChI=1S/C22H16BrFN2O3S/c1-22-12-16(15-4-2-3-5-17(15)29-22)25(20(27)18-10-11-19(23)28-18)21(30)26(22)14-8-6-13(24)7-9-14/h2-11,16H,12H2,1H3/t16-,22-/m0/s1. The maximum atomic E-state index is 13.6. The van der Waals surface area contributed by atoms with Crippen LogP contribution in [0.15, 0.2) is 69.8 Å². The van der Waals surface area contributed by atoms with E-state index in [-0.39, 0.29) is 28.6 Å². The van der Waals surface area contributed by atoms with E-state index in [9.17, 15) is 9.18 Å². The lowest BCUT2D eigenvalue weighted by molar-refractivity contribution is 0.0173. The topological polar surface area (TPSA) is 45.9 Å². The van der Waals surface area contributed by atoms with Gasteiger partial charge in [-0.3, -0.25) is 14.6 Å². The minimum Gasteiger partial charge on any atom is -0.467 e. The molecule has 0 unspecified atom stereocenters. The van der Waals surface area contributed by atoms with Gasteiger partial charge >= 0.3 is 0 Å². The van der Waals surface area contributed by atoms with E-state index in [0.29, 0.717) is 22.5 Å². The fourth-order valence-electron chi connectivity index (χ4n) is 4.16. The number of fused-ring (bicyclic) bond motifs is 4. The number of carbonyl (C=O) groups excluding carboxylic acids is 1. The second kappa shape index (κ2) is 6.92. The van der Waals surface area contributed by atoms with Crippen LogP contribution in [-0.4, -0.2) is 21.6 Å². The Labute approximate surface area is 186 Å². The summed E-state index contributed by atoms with van der Waals surface area (Å²) in [4.78, 5) is 16.8. The SMILES string of the molecule is C[C@@]12C[C@@H](c3ccccc3O1)N(C(=O)c1ccc(Br)o1)C(=S)N2c1ccc(F)cc1. The summed E-state index contributed by atoms with van der Waals surface area (Å²) in [6.07, 6.45) is 0.481. The van der Waals surface area contributed by atoms with Gasteiger partial charge in [-0.2, -0.15) is 0 Å². The number of benzene rings is 2. The zero-order chi connectivity index (χ0) is 21.0. The van der Waals surface area contributed by atoms with E-state index in [1.165, 1.54) is 12.1 Å². The van der Waals surface area contributed by atoms with Gasteiger partial charge in [-0.25, -0.2) is 4.39 Å². The quantitative estimate of drug-likeness (QED) is 0.436. The van der Waals surface area contributed by atoms with Gasteiger partial charge in [0.15, 0.2) is 21.3 Å². The number of halogens is 2. The van der Waals surface area contributed by atoms with Gasteiger partial charge < -0.3 is 9.15 Å². The zero-order valence-electron chi connectivity index (χ0n) is 15.8. The fourth-order valence-corrected chi connectivity index (χ4v) is 4.97. The molecule has 2 atom stereocenters. The lowest BCUT2D eigenvalue weighted by Gasteiger charge is -2.55. The summed E-state index contributed by atoms with van der Waals surface area (Å²) >= 11 is 9.05. The van der Waals surface area contributed by atoms with Gasteiger partial charge in [-0.1, -0.05) is 18.2 Å². The van der Waals surface area contributed by atoms with Crippen molar-refractivity contribution in [1.82, 2.24) is 4.90 Å². The number of anilines is 1. The van der Waals surface area contributed by atoms with E-state index in [1.54, 1.807) is 34.1 Å². The van der Waals surface area contributed by atoms with E-state index in [2.05, 4.69) is 15.9 Å². The van der Waals surface area contributed by atoms with Crippen LogP contribution in [0.4, 0.5) is 10.1 Å². The van der Waals surface area contributed by atoms with Crippen LogP contribution in [0.2, 0.25) is 0 Å². The Hall–Kier alpha value is -2.71. The highest BCUT2D eigenvalue weighted by Gasteiger charge is 2.53. The average Bonchev–Trinajstić information content (AvgIpc) is 3.15. The highest BCUT2D eigenvalue weighted by Crippen LogP contribution is 2.49. The number of nitrogens with zero attached hydrogens (tertiary/aromatic N) is 2. The number of thiocarbonyl (C=S) groups is 1. The molecule has 0 saturated carbocycles. The molecule has 1 fully saturated rings. The van der Waals surface area contributed by atoms with Crippen LogP contribution in [-0.2, 0) is 0 Å². The zero-order valence-corrected chi connectivity index (χ0v) is 18.2. The normalized spacial score (nSPS) is 22.5. The number of ether oxygens (including phenoxy) is 1. The summed E-state index contributed by atoms with van der Waals surface area (Å²) in [5.41, 5.74) is 0.685. The van der Waals surface area contributed by atoms with Gasteiger partial charge in [-0.15, -0.1) is 0 Å². The Kier molecular flexibility index (Phi) is 4.44. The Morgan fingerprint density at radius 3 is 2.60 bits per heavy atom. The molecule has 2 aliphatic heterocycles. The fraction of sp³-hybridized carbons (Fsp3) is 0.182. The summed E-state index contributed by atoms with van der Waals surface area (Å²) in [5.74, 6) is 0.162. The molecule has 2 aliphatic rings. The molecule has 8 heteroatoms. The number of rotatable bonds is 2. The molecule has 1 amide bonds. The molecule has 3 heterocycles. The molecule has 1 saturated heterocycles. The molecule has 2 aromatic carbocycles. The van der Waals surface area contributed by atoms with Gasteiger partial charge in [0.25, 0.3) is 5.91 Å². The average molecular weight is 487 g/mol. The second-order valence-electron chi connectivity index (χ2n) is 7.41. The number of hydrogen-bond donors (Lipinski definition) is 0. The van der Waals surface area contributed by atoms with Crippen molar-refractivity contribution < 1.29 is 18.3 Å². The van der Waals surface area contributed by atoms with Gasteiger partial charge in [0.05, 0.1) is 6.04 Å². The van der Waals surface area contributed by atoms with Crippen LogP contribution < -0.4 is 9.64 Å². The van der Waals surface area contributed by atoms with Gasteiger partial charge in [-0.05, 0) is 77.5 Å². The number of hydrogen-bond acceptors (Lipinski definition) is 4. The van der Waals surface area contributed by atoms with E-state index in [4.69, 9.17) is 21.4 Å². The minimum absolute atomic E-state index is 0.177. The Balaban J connectivity index is 1.67. The van der Waals surface area contributed by atoms with E-state index >= 15 is 0 Å². The van der Waals surface area contributed by atoms with Crippen LogP contribution >= 0.6 is 28.1 Å². The van der Waals surface area contributed by atoms with Crippen molar-refractivity contribution in [2.24, 2.45) is 0 Å². The van der Waals surface area contributed by atoms with Crippen molar-refractivity contribution in [1.29, 1.82) is 0 Å². The molecule has 5 nitrogen and oxygen atoms in total. The third-order valence-electron chi connectivity index (χ3n) is 5.45. The molecule has 1 aromatic heterocycles. The van der Waals surface area contributed by atoms with Crippen LogP contribution in [0.25, 0.3) is 0 Å². The van der Waals surface area contributed by atoms with Crippen LogP contribution in [0, 0.1) is 5.82 Å². The minimum atomic E-state index is -0.839. The molecule has 0 aliphatic carbocycles. The number of para-hydroxylation sites is 1. The maximum Gasteiger partial charge on any atom is 0.296 e. The molecular formula is C22H16BrFN2O3S. The molecule has 0 spiro atoms. The highest BCUT2D eigenvalue weighted by atomic mass is 79.9. The van der Waals surface area contributed by atoms with E-state index in [1.807, 2.05) is 31.2 Å². The summed E-state index contributed by atoms with van der Waals surface area (Å²) < 4.78 is 25.9. The molecular weight excluding hydrogens is 471 g/mol. The molecule has 152 valence electrons. The molecule has 5 rings (SSSR count). The first-order chi connectivity index (χ1) is 14.4. The smallest absolute Gasteiger partial charge is 0.296 e. The van der Waals surface area contributed by atoms with Crippen molar-refractivity contribution in [2.45, 2.75) is 25.1 Å². The first kappa shape index (κ1) is 19.3. The lowest BCUT2D eigenvalue weighted by Crippen LogP contribution is -2.67. The predicted octanol–water partition coefficient (Wildman–Crippen LogP) is 5.67. The van der Waals surface area contributed by atoms with Gasteiger partial charge in [0.2, 0.25) is 0 Å². The summed E-state index contributed by atoms with van der Waals surface area (Å²) in [5, 5.41) is 0.271. The van der Waals surface area contributed by atoms with Crippen LogP contribution in [0.5, 0.6) is 5.75 Å². The molecule has 0 N–H and O–H groups in total. The van der Waals surface area contributed by atoms with E-state index in [0.717, 1.165) is 5.56 Å². The van der Waals surface area contributed by atoms with Crippen molar-refractivity contribution in [2.75, 3.05) is 4.90 Å². The predicted molar refractivity (Wildman–Crippen MR) is 117 cm³/mol. The summed E-state index contributed by atoms with van der Waals surface area (Å²) in [6, 6.07) is 16.5. The number of carbonyl (C=O) groups is 1. The first-order valence-corrected chi connectivity index (χ1v) is 10.5. The van der Waals surface area contributed by atoms with E-state index < -0.39 is 5.72 Å². The Morgan fingerprint density at radius 1 is 1.17 bits per heavy atom. The van der Waals surface area contributed by atoms with Crippen molar-refractivity contribution in [3.05, 3.63) is 82.5 Å². The van der Waals surface area contributed by atoms with Gasteiger partial charge in [0.1, 0.15) is 11.6 Å². The molecule has 0 radical (unpaired) electrons. The Bertz CT molecular complexity index is 1170. The number of amides is 1. The molecule has 2 bridgehead atoms. The van der Waals surface area contributed by atoms with Crippen LogP contribution in [0.3, 0.4) is 0 Å². The second-order valence-corrected chi connectivity index (χ2v) is 8.55. The number of furan rings is 1. The van der Waals surface area contributed by atoms with Crippen LogP contribution in [0.1, 0.15) is 35.5 Å². The first-order valence-electron chi connectivity index (χ1n) is 9.34. The van der Waals surface area contributed by atoms with Crippen molar-refractivity contribution in [3.8, 4) is 5.75 Å². The van der Waals surface area contributed by atoms with Gasteiger partial charge in [0, 0.05) is 17.7 Å². The largest absolute Gasteiger partial charge is 0.467 e. The monoisotopic (exact) mass is 486 g/mol. The maximum absolute atomic E-state index is 13.6. The molecule has 3 aromatic rings. The summed E-state index contributed by atoms with van der Waals surface area (Å²) in [7, 11) is 0.